The van der Waals surface area contributed by atoms with E-state index in [2.05, 4.69) is 12.1 Å². The average molecular weight is 463 g/mol. The molecule has 1 aromatic carbocycles. The normalized spacial score (nSPS) is 21.6. The molecule has 0 bridgehead atoms. The Hall–Kier alpha value is -1.60. The quantitative estimate of drug-likeness (QED) is 0.264. The minimum absolute atomic E-state index is 0.0700. The van der Waals surface area contributed by atoms with Crippen molar-refractivity contribution in [1.29, 1.82) is 0 Å². The molecule has 0 amide bonds. The minimum Gasteiger partial charge on any atom is -0.396 e. The predicted molar refractivity (Wildman–Crippen MR) is 128 cm³/mol. The van der Waals surface area contributed by atoms with E-state index in [-0.39, 0.29) is 55.4 Å². The summed E-state index contributed by atoms with van der Waals surface area (Å²) in [6, 6.07) is 10.1. The van der Waals surface area contributed by atoms with Crippen molar-refractivity contribution < 1.29 is 30.0 Å². The fourth-order valence-corrected chi connectivity index (χ4v) is 4.94. The van der Waals surface area contributed by atoms with Gasteiger partial charge in [-0.05, 0) is 50.0 Å². The lowest BCUT2D eigenvalue weighted by atomic mass is 9.85. The Bertz CT molecular complexity index is 687. The number of carbonyl (C=O) groups excluding carboxylic acids is 2. The largest absolute Gasteiger partial charge is 0.396 e. The highest BCUT2D eigenvalue weighted by molar-refractivity contribution is 5.84. The number of aliphatic hydroxyl groups excluding tert-OH is 4. The average Bonchev–Trinajstić information content (AvgIpc) is 3.09. The summed E-state index contributed by atoms with van der Waals surface area (Å²) >= 11 is 0. The Morgan fingerprint density at radius 1 is 0.970 bits per heavy atom. The second-order valence-corrected chi connectivity index (χ2v) is 9.69. The van der Waals surface area contributed by atoms with Gasteiger partial charge in [-0.25, -0.2) is 0 Å². The molecule has 0 aromatic heterocycles. The molecule has 6 heteroatoms. The second kappa shape index (κ2) is 15.3. The van der Waals surface area contributed by atoms with Crippen molar-refractivity contribution in [2.45, 2.75) is 89.3 Å². The highest BCUT2D eigenvalue weighted by Crippen LogP contribution is 2.36. The predicted octanol–water partition coefficient (Wildman–Crippen LogP) is 3.23. The standard InChI is InChI=1S/C27H42O6/c28-18-21(19-29)16-23(31)10-6-1-2-7-11-24-25(27(33)17-26(24)32)15-14-22(30)13-12-20-8-4-3-5-9-20/h3-5,8-9,21-22,24-25,27-30,33H,1-2,6-7,10-19H2/t22-,24+,25+,27+/m0/s1. The molecule has 4 atom stereocenters. The lowest BCUT2D eigenvalue weighted by Gasteiger charge is -2.22. The number of carbonyl (C=O) groups is 2. The third-order valence-electron chi connectivity index (χ3n) is 7.03. The van der Waals surface area contributed by atoms with Gasteiger partial charge in [-0.2, -0.15) is 0 Å². The highest BCUT2D eigenvalue weighted by Gasteiger charge is 2.40. The maximum absolute atomic E-state index is 12.4. The van der Waals surface area contributed by atoms with Gasteiger partial charge in [-0.15, -0.1) is 0 Å². The van der Waals surface area contributed by atoms with Gasteiger partial charge in [0.05, 0.1) is 12.2 Å². The summed E-state index contributed by atoms with van der Waals surface area (Å²) in [6.45, 7) is -0.344. The van der Waals surface area contributed by atoms with Gasteiger partial charge < -0.3 is 20.4 Å². The number of hydrogen-bond acceptors (Lipinski definition) is 6. The zero-order chi connectivity index (χ0) is 24.1. The molecule has 1 aliphatic carbocycles. The van der Waals surface area contributed by atoms with E-state index in [4.69, 9.17) is 10.2 Å². The first-order chi connectivity index (χ1) is 15.9. The summed E-state index contributed by atoms with van der Waals surface area (Å²) < 4.78 is 0. The Morgan fingerprint density at radius 2 is 1.67 bits per heavy atom. The van der Waals surface area contributed by atoms with Crippen LogP contribution >= 0.6 is 0 Å². The molecule has 0 radical (unpaired) electrons. The minimum atomic E-state index is -0.604. The highest BCUT2D eigenvalue weighted by atomic mass is 16.3. The van der Waals surface area contributed by atoms with E-state index in [1.807, 2.05) is 18.2 Å². The smallest absolute Gasteiger partial charge is 0.138 e. The molecule has 2 rings (SSSR count). The van der Waals surface area contributed by atoms with Crippen LogP contribution in [0.25, 0.3) is 0 Å². The van der Waals surface area contributed by atoms with Crippen LogP contribution in [-0.4, -0.2) is 57.4 Å². The first-order valence-corrected chi connectivity index (χ1v) is 12.6. The van der Waals surface area contributed by atoms with E-state index in [0.717, 1.165) is 38.5 Å². The van der Waals surface area contributed by atoms with Crippen LogP contribution in [0.4, 0.5) is 0 Å². The summed E-state index contributed by atoms with van der Waals surface area (Å²) in [5, 5.41) is 38.9. The summed E-state index contributed by atoms with van der Waals surface area (Å²) in [6.07, 6.45) is 6.90. The Morgan fingerprint density at radius 3 is 2.36 bits per heavy atom. The second-order valence-electron chi connectivity index (χ2n) is 9.69. The molecule has 0 unspecified atom stereocenters. The lowest BCUT2D eigenvalue weighted by molar-refractivity contribution is -0.122. The van der Waals surface area contributed by atoms with Crippen LogP contribution in [0.5, 0.6) is 0 Å². The fourth-order valence-electron chi connectivity index (χ4n) is 4.94. The molecule has 1 fully saturated rings. The van der Waals surface area contributed by atoms with Crippen LogP contribution in [0.2, 0.25) is 0 Å². The van der Waals surface area contributed by atoms with E-state index in [9.17, 15) is 19.8 Å². The van der Waals surface area contributed by atoms with Crippen molar-refractivity contribution in [3.63, 3.8) is 0 Å². The van der Waals surface area contributed by atoms with Crippen LogP contribution in [0.3, 0.4) is 0 Å². The monoisotopic (exact) mass is 462 g/mol. The van der Waals surface area contributed by atoms with Gasteiger partial charge in [0, 0.05) is 44.3 Å². The van der Waals surface area contributed by atoms with E-state index in [1.54, 1.807) is 0 Å². The van der Waals surface area contributed by atoms with E-state index < -0.39 is 12.2 Å². The van der Waals surface area contributed by atoms with Gasteiger partial charge in [-0.1, -0.05) is 49.6 Å². The van der Waals surface area contributed by atoms with Gasteiger partial charge in [0.25, 0.3) is 0 Å². The fraction of sp³-hybridized carbons (Fsp3) is 0.704. The summed E-state index contributed by atoms with van der Waals surface area (Å²) in [4.78, 5) is 24.3. The van der Waals surface area contributed by atoms with Crippen LogP contribution < -0.4 is 0 Å². The Labute approximate surface area is 198 Å². The number of unbranched alkanes of at least 4 members (excludes halogenated alkanes) is 3. The first kappa shape index (κ1) is 27.6. The van der Waals surface area contributed by atoms with E-state index >= 15 is 0 Å². The molecule has 1 aliphatic rings. The number of hydrogen-bond donors (Lipinski definition) is 4. The van der Waals surface area contributed by atoms with Crippen molar-refractivity contribution in [2.24, 2.45) is 17.8 Å². The zero-order valence-electron chi connectivity index (χ0n) is 19.8. The molecular weight excluding hydrogens is 420 g/mol. The third kappa shape index (κ3) is 10.0. The van der Waals surface area contributed by atoms with Crippen molar-refractivity contribution in [3.8, 4) is 0 Å². The van der Waals surface area contributed by atoms with Crippen molar-refractivity contribution in [1.82, 2.24) is 0 Å². The van der Waals surface area contributed by atoms with Crippen LogP contribution in [-0.2, 0) is 16.0 Å². The molecule has 1 aromatic rings. The molecule has 0 aliphatic heterocycles. The van der Waals surface area contributed by atoms with E-state index in [0.29, 0.717) is 25.7 Å². The molecular formula is C27H42O6. The Kier molecular flexibility index (Phi) is 12.8. The number of benzene rings is 1. The third-order valence-corrected chi connectivity index (χ3v) is 7.03. The van der Waals surface area contributed by atoms with Crippen molar-refractivity contribution in [2.75, 3.05) is 13.2 Å². The van der Waals surface area contributed by atoms with Crippen LogP contribution in [0, 0.1) is 17.8 Å². The molecule has 1 saturated carbocycles. The molecule has 33 heavy (non-hydrogen) atoms. The SMILES string of the molecule is O=C(CCCCCC[C@H]1C(=O)C[C@@H](O)[C@@H]1CC[C@@H](O)CCc1ccccc1)CC(CO)CO. The maximum atomic E-state index is 12.4. The topological polar surface area (TPSA) is 115 Å². The molecule has 186 valence electrons. The molecule has 6 nitrogen and oxygen atoms in total. The molecule has 0 saturated heterocycles. The van der Waals surface area contributed by atoms with Crippen molar-refractivity contribution in [3.05, 3.63) is 35.9 Å². The van der Waals surface area contributed by atoms with Crippen LogP contribution in [0.1, 0.15) is 76.2 Å². The molecule has 0 heterocycles. The van der Waals surface area contributed by atoms with Gasteiger partial charge in [0.2, 0.25) is 0 Å². The molecule has 4 N–H and O–H groups in total. The lowest BCUT2D eigenvalue weighted by Crippen LogP contribution is -2.23. The first-order valence-electron chi connectivity index (χ1n) is 12.6. The van der Waals surface area contributed by atoms with Gasteiger partial charge >= 0.3 is 0 Å². The van der Waals surface area contributed by atoms with E-state index in [1.165, 1.54) is 5.56 Å². The molecule has 0 spiro atoms. The number of aliphatic hydroxyl groups is 4. The maximum Gasteiger partial charge on any atom is 0.138 e. The number of ketones is 2. The van der Waals surface area contributed by atoms with Crippen molar-refractivity contribution >= 4 is 11.6 Å². The Balaban J connectivity index is 1.64. The summed E-state index contributed by atoms with van der Waals surface area (Å²) in [5.41, 5.74) is 1.20. The zero-order valence-corrected chi connectivity index (χ0v) is 19.8. The summed E-state index contributed by atoms with van der Waals surface area (Å²) in [5.74, 6) is -0.341. The number of rotatable bonds is 17. The van der Waals surface area contributed by atoms with Gasteiger partial charge in [0.1, 0.15) is 11.6 Å². The van der Waals surface area contributed by atoms with Gasteiger partial charge in [-0.3, -0.25) is 9.59 Å². The van der Waals surface area contributed by atoms with Crippen LogP contribution in [0.15, 0.2) is 30.3 Å². The number of aryl methyl sites for hydroxylation is 1. The van der Waals surface area contributed by atoms with Gasteiger partial charge in [0.15, 0.2) is 0 Å². The summed E-state index contributed by atoms with van der Waals surface area (Å²) in [7, 11) is 0. The number of Topliss-reactive ketones (excluding diaryl/α,β-unsaturated/α-hetero) is 2.